The SMILES string of the molecule is Cc1ncc(CCNS(=O)(=O)c2cccc([N+](=O)[O-])c2)s1. The van der Waals surface area contributed by atoms with Crippen molar-refractivity contribution in [3.05, 3.63) is 50.5 Å². The van der Waals surface area contributed by atoms with Gasteiger partial charge in [0.2, 0.25) is 10.0 Å². The Kier molecular flexibility index (Phi) is 4.66. The molecule has 0 fully saturated rings. The Labute approximate surface area is 125 Å². The number of nitro benzene ring substituents is 1. The smallest absolute Gasteiger partial charge is 0.258 e. The molecule has 1 N–H and O–H groups in total. The molecule has 1 heterocycles. The van der Waals surface area contributed by atoms with Gasteiger partial charge in [0.1, 0.15) is 0 Å². The maximum atomic E-state index is 12.1. The van der Waals surface area contributed by atoms with Crippen molar-refractivity contribution in [2.45, 2.75) is 18.2 Å². The van der Waals surface area contributed by atoms with Crippen LogP contribution in [0, 0.1) is 17.0 Å². The Morgan fingerprint density at radius 2 is 2.19 bits per heavy atom. The maximum Gasteiger partial charge on any atom is 0.270 e. The average molecular weight is 327 g/mol. The summed E-state index contributed by atoms with van der Waals surface area (Å²) in [7, 11) is -3.75. The highest BCUT2D eigenvalue weighted by Gasteiger charge is 2.17. The number of sulfonamides is 1. The van der Waals surface area contributed by atoms with Crippen LogP contribution in [0.5, 0.6) is 0 Å². The van der Waals surface area contributed by atoms with Crippen molar-refractivity contribution in [2.75, 3.05) is 6.54 Å². The van der Waals surface area contributed by atoms with E-state index in [0.717, 1.165) is 16.0 Å². The number of thiazole rings is 1. The summed E-state index contributed by atoms with van der Waals surface area (Å²) < 4.78 is 26.5. The lowest BCUT2D eigenvalue weighted by Crippen LogP contribution is -2.25. The van der Waals surface area contributed by atoms with Gasteiger partial charge in [0.25, 0.3) is 5.69 Å². The molecule has 21 heavy (non-hydrogen) atoms. The predicted octanol–water partition coefficient (Wildman–Crippen LogP) is 1.88. The average Bonchev–Trinajstić information content (AvgIpc) is 2.84. The zero-order valence-corrected chi connectivity index (χ0v) is 12.8. The third kappa shape index (κ3) is 4.06. The van der Waals surface area contributed by atoms with Crippen LogP contribution in [0.2, 0.25) is 0 Å². The van der Waals surface area contributed by atoms with Crippen LogP contribution in [0.15, 0.2) is 35.4 Å². The Balaban J connectivity index is 2.04. The first kappa shape index (κ1) is 15.5. The minimum atomic E-state index is -3.75. The standard InChI is InChI=1S/C12H13N3O4S2/c1-9-13-8-11(20-9)5-6-14-21(18,19)12-4-2-3-10(7-12)15(16)17/h2-4,7-8,14H,5-6H2,1H3. The third-order valence-electron chi connectivity index (χ3n) is 2.67. The van der Waals surface area contributed by atoms with Crippen molar-refractivity contribution in [1.82, 2.24) is 9.71 Å². The Morgan fingerprint density at radius 3 is 2.81 bits per heavy atom. The summed E-state index contributed by atoms with van der Waals surface area (Å²) >= 11 is 1.51. The molecule has 0 spiro atoms. The molecule has 0 aliphatic heterocycles. The van der Waals surface area contributed by atoms with E-state index >= 15 is 0 Å². The summed E-state index contributed by atoms with van der Waals surface area (Å²) in [5, 5.41) is 11.6. The molecule has 0 amide bonds. The molecule has 0 saturated carbocycles. The van der Waals surface area contributed by atoms with E-state index in [2.05, 4.69) is 9.71 Å². The normalized spacial score (nSPS) is 11.5. The highest BCUT2D eigenvalue weighted by Crippen LogP contribution is 2.17. The molecule has 0 atom stereocenters. The summed E-state index contributed by atoms with van der Waals surface area (Å²) in [5.74, 6) is 0. The van der Waals surface area contributed by atoms with Gasteiger partial charge in [-0.25, -0.2) is 18.1 Å². The largest absolute Gasteiger partial charge is 0.270 e. The van der Waals surface area contributed by atoms with Crippen molar-refractivity contribution in [2.24, 2.45) is 0 Å². The van der Waals surface area contributed by atoms with Crippen molar-refractivity contribution in [3.8, 4) is 0 Å². The molecule has 0 unspecified atom stereocenters. The van der Waals surface area contributed by atoms with Gasteiger partial charge in [0.15, 0.2) is 0 Å². The number of nitro groups is 1. The van der Waals surface area contributed by atoms with Gasteiger partial charge in [-0.15, -0.1) is 11.3 Å². The van der Waals surface area contributed by atoms with Crippen molar-refractivity contribution in [1.29, 1.82) is 0 Å². The highest BCUT2D eigenvalue weighted by molar-refractivity contribution is 7.89. The molecule has 1 aromatic heterocycles. The number of nitrogens with zero attached hydrogens (tertiary/aromatic N) is 2. The van der Waals surface area contributed by atoms with Crippen LogP contribution in [-0.2, 0) is 16.4 Å². The predicted molar refractivity (Wildman–Crippen MR) is 78.8 cm³/mol. The van der Waals surface area contributed by atoms with E-state index in [1.54, 1.807) is 6.20 Å². The minimum Gasteiger partial charge on any atom is -0.258 e. The van der Waals surface area contributed by atoms with Gasteiger partial charge in [0, 0.05) is 29.8 Å². The lowest BCUT2D eigenvalue weighted by molar-refractivity contribution is -0.385. The summed E-state index contributed by atoms with van der Waals surface area (Å²) in [6, 6.07) is 4.96. The molecule has 9 heteroatoms. The fraction of sp³-hybridized carbons (Fsp3) is 0.250. The van der Waals surface area contributed by atoms with E-state index in [9.17, 15) is 18.5 Å². The Morgan fingerprint density at radius 1 is 1.43 bits per heavy atom. The van der Waals surface area contributed by atoms with Gasteiger partial charge in [-0.2, -0.15) is 0 Å². The second-order valence-electron chi connectivity index (χ2n) is 4.25. The lowest BCUT2D eigenvalue weighted by atomic mass is 10.3. The third-order valence-corrected chi connectivity index (χ3v) is 5.10. The molecule has 0 aliphatic carbocycles. The van der Waals surface area contributed by atoms with Gasteiger partial charge in [-0.1, -0.05) is 6.07 Å². The summed E-state index contributed by atoms with van der Waals surface area (Å²) in [4.78, 5) is 15.0. The molecule has 1 aromatic carbocycles. The molecule has 2 aromatic rings. The minimum absolute atomic E-state index is 0.114. The van der Waals surface area contributed by atoms with E-state index in [4.69, 9.17) is 0 Å². The molecule has 2 rings (SSSR count). The maximum absolute atomic E-state index is 12.1. The van der Waals surface area contributed by atoms with Crippen LogP contribution in [-0.4, -0.2) is 24.9 Å². The van der Waals surface area contributed by atoms with Gasteiger partial charge in [0.05, 0.1) is 14.8 Å². The first-order valence-corrected chi connectivity index (χ1v) is 8.34. The molecule has 0 bridgehead atoms. The number of benzene rings is 1. The van der Waals surface area contributed by atoms with Crippen LogP contribution in [0.1, 0.15) is 9.88 Å². The monoisotopic (exact) mass is 327 g/mol. The molecule has 7 nitrogen and oxygen atoms in total. The van der Waals surface area contributed by atoms with Crippen LogP contribution in [0.3, 0.4) is 0 Å². The zero-order chi connectivity index (χ0) is 15.5. The van der Waals surface area contributed by atoms with E-state index in [1.807, 2.05) is 6.92 Å². The number of hydrogen-bond acceptors (Lipinski definition) is 6. The van der Waals surface area contributed by atoms with Crippen LogP contribution >= 0.6 is 11.3 Å². The van der Waals surface area contributed by atoms with E-state index < -0.39 is 14.9 Å². The van der Waals surface area contributed by atoms with Gasteiger partial charge in [-0.05, 0) is 19.4 Å². The number of hydrogen-bond donors (Lipinski definition) is 1. The first-order chi connectivity index (χ1) is 9.88. The number of rotatable bonds is 6. The number of aromatic nitrogens is 1. The van der Waals surface area contributed by atoms with Crippen LogP contribution in [0.25, 0.3) is 0 Å². The quantitative estimate of drug-likeness (QED) is 0.644. The Hall–Kier alpha value is -1.84. The summed E-state index contributed by atoms with van der Waals surface area (Å²) in [6.45, 7) is 2.09. The summed E-state index contributed by atoms with van der Waals surface area (Å²) in [6.07, 6.45) is 2.24. The molecular formula is C12H13N3O4S2. The van der Waals surface area contributed by atoms with Crippen molar-refractivity contribution in [3.63, 3.8) is 0 Å². The first-order valence-electron chi connectivity index (χ1n) is 6.04. The molecular weight excluding hydrogens is 314 g/mol. The molecule has 0 saturated heterocycles. The van der Waals surface area contributed by atoms with Crippen molar-refractivity contribution >= 4 is 27.0 Å². The van der Waals surface area contributed by atoms with Gasteiger partial charge in [-0.3, -0.25) is 10.1 Å². The molecule has 0 radical (unpaired) electrons. The molecule has 112 valence electrons. The number of non-ortho nitro benzene ring substituents is 1. The lowest BCUT2D eigenvalue weighted by Gasteiger charge is -2.05. The zero-order valence-electron chi connectivity index (χ0n) is 11.1. The summed E-state index contributed by atoms with van der Waals surface area (Å²) in [5.41, 5.74) is -0.254. The van der Waals surface area contributed by atoms with Gasteiger partial charge >= 0.3 is 0 Å². The van der Waals surface area contributed by atoms with Crippen molar-refractivity contribution < 1.29 is 13.3 Å². The fourth-order valence-electron chi connectivity index (χ4n) is 1.68. The van der Waals surface area contributed by atoms with Gasteiger partial charge < -0.3 is 0 Å². The van der Waals surface area contributed by atoms with E-state index in [1.165, 1.54) is 29.5 Å². The number of aryl methyl sites for hydroxylation is 1. The van der Waals surface area contributed by atoms with Crippen LogP contribution in [0.4, 0.5) is 5.69 Å². The van der Waals surface area contributed by atoms with Crippen LogP contribution < -0.4 is 4.72 Å². The molecule has 0 aliphatic rings. The number of nitrogens with one attached hydrogen (secondary N) is 1. The second kappa shape index (κ2) is 6.29. The van der Waals surface area contributed by atoms with E-state index in [-0.39, 0.29) is 17.1 Å². The second-order valence-corrected chi connectivity index (χ2v) is 7.33. The highest BCUT2D eigenvalue weighted by atomic mass is 32.2. The Bertz CT molecular complexity index is 755. The van der Waals surface area contributed by atoms with E-state index in [0.29, 0.717) is 6.42 Å². The fourth-order valence-corrected chi connectivity index (χ4v) is 3.54. The topological polar surface area (TPSA) is 102 Å².